The maximum absolute atomic E-state index is 11.1. The van der Waals surface area contributed by atoms with Crippen molar-refractivity contribution in [2.45, 2.75) is 26.2 Å². The van der Waals surface area contributed by atoms with Gasteiger partial charge in [0, 0.05) is 13.3 Å². The lowest BCUT2D eigenvalue weighted by Gasteiger charge is -2.02. The Morgan fingerprint density at radius 3 is 2.31 bits per heavy atom. The summed E-state index contributed by atoms with van der Waals surface area (Å²) in [4.78, 5) is 21.4. The molecule has 0 spiro atoms. The lowest BCUT2D eigenvalue weighted by atomic mass is 10.2. The van der Waals surface area contributed by atoms with Gasteiger partial charge in [-0.3, -0.25) is 13.8 Å². The normalized spacial score (nSPS) is 11.1. The van der Waals surface area contributed by atoms with E-state index in [0.29, 0.717) is 12.8 Å². The molecule has 0 saturated heterocycles. The largest absolute Gasteiger partial charge is 0.458 e. The monoisotopic (exact) mass is 252 g/mol. The Morgan fingerprint density at radius 2 is 1.81 bits per heavy atom. The summed E-state index contributed by atoms with van der Waals surface area (Å²) in [6.07, 6.45) is 2.20. The molecule has 0 aromatic rings. The lowest BCUT2D eigenvalue weighted by molar-refractivity contribution is -0.145. The Hall–Kier alpha value is -0.950. The van der Waals surface area contributed by atoms with Crippen molar-refractivity contribution in [3.63, 3.8) is 0 Å². The third-order valence-electron chi connectivity index (χ3n) is 1.58. The summed E-state index contributed by atoms with van der Waals surface area (Å²) >= 11 is 0. The minimum atomic E-state index is -3.40. The van der Waals surface area contributed by atoms with Gasteiger partial charge in [0.1, 0.15) is 6.61 Å². The van der Waals surface area contributed by atoms with Gasteiger partial charge < -0.3 is 4.74 Å². The molecule has 0 aliphatic heterocycles. The molecular formula is C9H16O6S. The first-order valence-corrected chi connectivity index (χ1v) is 6.62. The van der Waals surface area contributed by atoms with Crippen molar-refractivity contribution in [3.8, 4) is 0 Å². The molecule has 0 amide bonds. The fraction of sp³-hybridized carbons (Fsp3) is 0.778. The zero-order valence-corrected chi connectivity index (χ0v) is 10.2. The van der Waals surface area contributed by atoms with Crippen LogP contribution >= 0.6 is 0 Å². The highest BCUT2D eigenvalue weighted by molar-refractivity contribution is 7.85. The van der Waals surface area contributed by atoms with Gasteiger partial charge in [0.05, 0.1) is 12.9 Å². The highest BCUT2D eigenvalue weighted by Crippen LogP contribution is 1.99. The number of esters is 1. The predicted octanol–water partition coefficient (Wildman–Crippen LogP) is 0.265. The van der Waals surface area contributed by atoms with Gasteiger partial charge in [-0.1, -0.05) is 0 Å². The Balaban J connectivity index is 3.45. The van der Waals surface area contributed by atoms with Gasteiger partial charge in [0.25, 0.3) is 10.1 Å². The van der Waals surface area contributed by atoms with Crippen LogP contribution in [0.1, 0.15) is 26.2 Å². The second-order valence-corrected chi connectivity index (χ2v) is 4.95. The predicted molar refractivity (Wildman–Crippen MR) is 56.3 cm³/mol. The average Bonchev–Trinajstić information content (AvgIpc) is 2.12. The van der Waals surface area contributed by atoms with Crippen LogP contribution in [0.25, 0.3) is 0 Å². The average molecular weight is 252 g/mol. The van der Waals surface area contributed by atoms with Crippen molar-refractivity contribution in [2.24, 2.45) is 0 Å². The maximum atomic E-state index is 11.1. The van der Waals surface area contributed by atoms with E-state index in [1.54, 1.807) is 0 Å². The molecule has 0 aromatic carbocycles. The molecule has 0 aromatic heterocycles. The van der Waals surface area contributed by atoms with Crippen LogP contribution < -0.4 is 0 Å². The van der Waals surface area contributed by atoms with E-state index in [-0.39, 0.29) is 25.4 Å². The second kappa shape index (κ2) is 7.34. The van der Waals surface area contributed by atoms with Crippen molar-refractivity contribution in [2.75, 3.05) is 19.5 Å². The van der Waals surface area contributed by atoms with Crippen molar-refractivity contribution in [1.29, 1.82) is 0 Å². The summed E-state index contributed by atoms with van der Waals surface area (Å²) in [7, 11) is -3.40. The zero-order valence-electron chi connectivity index (χ0n) is 9.39. The first-order valence-electron chi connectivity index (χ1n) is 4.81. The summed E-state index contributed by atoms with van der Waals surface area (Å²) in [5.41, 5.74) is 0. The topological polar surface area (TPSA) is 86.7 Å². The van der Waals surface area contributed by atoms with Gasteiger partial charge >= 0.3 is 5.97 Å². The highest BCUT2D eigenvalue weighted by Gasteiger charge is 2.05. The molecule has 0 radical (unpaired) electrons. The van der Waals surface area contributed by atoms with Gasteiger partial charge in [-0.2, -0.15) is 8.42 Å². The molecule has 0 rings (SSSR count). The molecule has 7 heteroatoms. The van der Waals surface area contributed by atoms with E-state index >= 15 is 0 Å². The molecule has 0 heterocycles. The van der Waals surface area contributed by atoms with Crippen molar-refractivity contribution >= 4 is 21.9 Å². The summed E-state index contributed by atoms with van der Waals surface area (Å²) < 4.78 is 30.1. The van der Waals surface area contributed by atoms with Crippen LogP contribution in [-0.4, -0.2) is 39.6 Å². The van der Waals surface area contributed by atoms with E-state index in [2.05, 4.69) is 8.92 Å². The molecule has 6 nitrogen and oxygen atoms in total. The van der Waals surface area contributed by atoms with E-state index in [1.807, 2.05) is 0 Å². The first-order chi connectivity index (χ1) is 7.31. The Bertz CT molecular complexity index is 332. The molecule has 16 heavy (non-hydrogen) atoms. The minimum absolute atomic E-state index is 0.0691. The lowest BCUT2D eigenvalue weighted by Crippen LogP contribution is -2.11. The molecule has 0 aliphatic carbocycles. The van der Waals surface area contributed by atoms with Crippen LogP contribution in [0, 0.1) is 0 Å². The number of ketones is 1. The number of unbranched alkanes of at least 4 members (excludes halogenated alkanes) is 1. The Morgan fingerprint density at radius 1 is 1.19 bits per heavy atom. The number of rotatable bonds is 8. The van der Waals surface area contributed by atoms with Crippen molar-refractivity contribution in [1.82, 2.24) is 0 Å². The molecular weight excluding hydrogens is 236 g/mol. The number of carbonyl (C=O) groups excluding carboxylic acids is 2. The van der Waals surface area contributed by atoms with Crippen LogP contribution in [0.15, 0.2) is 0 Å². The fourth-order valence-corrected chi connectivity index (χ4v) is 1.31. The highest BCUT2D eigenvalue weighted by atomic mass is 32.2. The second-order valence-electron chi connectivity index (χ2n) is 3.30. The summed E-state index contributed by atoms with van der Waals surface area (Å²) in [6, 6.07) is 0. The van der Waals surface area contributed by atoms with Crippen LogP contribution in [0.4, 0.5) is 0 Å². The SMILES string of the molecule is CC(=O)OCC(=O)CCCCOS(C)(=O)=O. The van der Waals surface area contributed by atoms with Crippen LogP contribution in [-0.2, 0) is 28.6 Å². The number of ether oxygens (including phenoxy) is 1. The number of hydrogen-bond donors (Lipinski definition) is 0. The number of Topliss-reactive ketones (excluding diaryl/α,β-unsaturated/α-hetero) is 1. The maximum Gasteiger partial charge on any atom is 0.303 e. The molecule has 0 unspecified atom stereocenters. The third kappa shape index (κ3) is 11.1. The van der Waals surface area contributed by atoms with Gasteiger partial charge in [-0.15, -0.1) is 0 Å². The van der Waals surface area contributed by atoms with Crippen LogP contribution in [0.3, 0.4) is 0 Å². The van der Waals surface area contributed by atoms with Gasteiger partial charge in [0.2, 0.25) is 0 Å². The standard InChI is InChI=1S/C9H16O6S/c1-8(10)14-7-9(11)5-3-4-6-15-16(2,12)13/h3-7H2,1-2H3. The third-order valence-corrected chi connectivity index (χ3v) is 2.18. The van der Waals surface area contributed by atoms with Crippen LogP contribution in [0.5, 0.6) is 0 Å². The molecule has 0 N–H and O–H groups in total. The Kier molecular flexibility index (Phi) is 6.91. The van der Waals surface area contributed by atoms with Crippen molar-refractivity contribution < 1.29 is 26.9 Å². The smallest absolute Gasteiger partial charge is 0.303 e. The minimum Gasteiger partial charge on any atom is -0.458 e. The zero-order chi connectivity index (χ0) is 12.6. The molecule has 0 fully saturated rings. The molecule has 0 bridgehead atoms. The first kappa shape index (κ1) is 15.0. The molecule has 94 valence electrons. The summed E-state index contributed by atoms with van der Waals surface area (Å²) in [5, 5.41) is 0. The van der Waals surface area contributed by atoms with Gasteiger partial charge in [-0.25, -0.2) is 0 Å². The van der Waals surface area contributed by atoms with Gasteiger partial charge in [-0.05, 0) is 12.8 Å². The molecule has 0 saturated carbocycles. The van der Waals surface area contributed by atoms with Crippen molar-refractivity contribution in [3.05, 3.63) is 0 Å². The summed E-state index contributed by atoms with van der Waals surface area (Å²) in [6.45, 7) is 1.08. The van der Waals surface area contributed by atoms with E-state index < -0.39 is 16.1 Å². The van der Waals surface area contributed by atoms with E-state index in [4.69, 9.17) is 0 Å². The fourth-order valence-electron chi connectivity index (χ4n) is 0.889. The molecule has 0 atom stereocenters. The number of hydrogen-bond acceptors (Lipinski definition) is 6. The molecule has 0 aliphatic rings. The van der Waals surface area contributed by atoms with E-state index in [0.717, 1.165) is 6.26 Å². The van der Waals surface area contributed by atoms with E-state index in [1.165, 1.54) is 6.92 Å². The van der Waals surface area contributed by atoms with Crippen LogP contribution in [0.2, 0.25) is 0 Å². The van der Waals surface area contributed by atoms with E-state index in [9.17, 15) is 18.0 Å². The quantitative estimate of drug-likeness (QED) is 0.350. The summed E-state index contributed by atoms with van der Waals surface area (Å²) in [5.74, 6) is -0.677. The number of carbonyl (C=O) groups is 2. The van der Waals surface area contributed by atoms with Gasteiger partial charge in [0.15, 0.2) is 5.78 Å². The Labute approximate surface area is 95.0 Å².